The van der Waals surface area contributed by atoms with Gasteiger partial charge in [-0.1, -0.05) is 6.07 Å². The van der Waals surface area contributed by atoms with Crippen molar-refractivity contribution >= 4 is 17.3 Å². The van der Waals surface area contributed by atoms with E-state index in [2.05, 4.69) is 20.6 Å². The fourth-order valence-electron chi connectivity index (χ4n) is 2.76. The van der Waals surface area contributed by atoms with E-state index in [1.165, 1.54) is 12.6 Å². The average Bonchev–Trinajstić information content (AvgIpc) is 3.25. The Morgan fingerprint density at radius 1 is 1.10 bits per heavy atom. The van der Waals surface area contributed by atoms with Gasteiger partial charge in [0, 0.05) is 6.54 Å². The van der Waals surface area contributed by atoms with Crippen LogP contribution in [-0.4, -0.2) is 35.7 Å². The number of rotatable bonds is 10. The van der Waals surface area contributed by atoms with Gasteiger partial charge in [-0.05, 0) is 36.2 Å². The van der Waals surface area contributed by atoms with Gasteiger partial charge in [0.1, 0.15) is 12.1 Å². The smallest absolute Gasteiger partial charge is 0.353 e. The normalized spacial score (nSPS) is 10.4. The molecule has 0 aliphatic carbocycles. The number of methoxy groups -OCH3 is 2. The van der Waals surface area contributed by atoms with Gasteiger partial charge >= 0.3 is 5.69 Å². The third-order valence-electron chi connectivity index (χ3n) is 4.17. The Morgan fingerprint density at radius 2 is 1.86 bits per heavy atom. The lowest BCUT2D eigenvalue weighted by Crippen LogP contribution is -2.12. The molecule has 0 saturated heterocycles. The highest BCUT2D eigenvalue weighted by Crippen LogP contribution is 2.30. The summed E-state index contributed by atoms with van der Waals surface area (Å²) in [5.74, 6) is 2.17. The summed E-state index contributed by atoms with van der Waals surface area (Å²) < 4.78 is 15.7. The topological polar surface area (TPSA) is 125 Å². The molecule has 10 heteroatoms. The molecule has 0 fully saturated rings. The Bertz CT molecular complexity index is 962. The summed E-state index contributed by atoms with van der Waals surface area (Å²) in [6, 6.07) is 9.10. The SMILES string of the molecule is COc1ccc(CCNc2ncnc(NCc3ccco3)c2[N+](=O)[O-])cc1OC. The van der Waals surface area contributed by atoms with Crippen LogP contribution in [0.5, 0.6) is 11.5 Å². The summed E-state index contributed by atoms with van der Waals surface area (Å²) >= 11 is 0. The van der Waals surface area contributed by atoms with Crippen molar-refractivity contribution in [3.63, 3.8) is 0 Å². The number of nitrogens with one attached hydrogen (secondary N) is 2. The molecule has 0 aliphatic heterocycles. The molecule has 2 N–H and O–H groups in total. The summed E-state index contributed by atoms with van der Waals surface area (Å²) in [4.78, 5) is 19.1. The van der Waals surface area contributed by atoms with Crippen molar-refractivity contribution in [1.29, 1.82) is 0 Å². The van der Waals surface area contributed by atoms with E-state index in [1.807, 2.05) is 18.2 Å². The van der Waals surface area contributed by atoms with E-state index in [1.54, 1.807) is 26.4 Å². The van der Waals surface area contributed by atoms with Gasteiger partial charge < -0.3 is 24.5 Å². The van der Waals surface area contributed by atoms with Crippen LogP contribution in [0, 0.1) is 10.1 Å². The molecule has 0 spiro atoms. The number of ether oxygens (including phenoxy) is 2. The van der Waals surface area contributed by atoms with E-state index >= 15 is 0 Å². The molecule has 3 aromatic rings. The first-order valence-corrected chi connectivity index (χ1v) is 8.82. The van der Waals surface area contributed by atoms with Crippen LogP contribution in [0.15, 0.2) is 47.3 Å². The Morgan fingerprint density at radius 3 is 2.52 bits per heavy atom. The summed E-state index contributed by atoms with van der Waals surface area (Å²) in [7, 11) is 3.15. The fraction of sp³-hybridized carbons (Fsp3) is 0.263. The first-order chi connectivity index (χ1) is 14.1. The molecular formula is C19H21N5O5. The fourth-order valence-corrected chi connectivity index (χ4v) is 2.76. The number of furan rings is 1. The maximum atomic E-state index is 11.6. The second-order valence-corrected chi connectivity index (χ2v) is 5.98. The Hall–Kier alpha value is -3.82. The van der Waals surface area contributed by atoms with Gasteiger partial charge in [-0.15, -0.1) is 0 Å². The van der Waals surface area contributed by atoms with Gasteiger partial charge in [0.15, 0.2) is 11.5 Å². The molecule has 0 amide bonds. The summed E-state index contributed by atoms with van der Waals surface area (Å²) in [6.07, 6.45) is 3.42. The second kappa shape index (κ2) is 9.40. The molecule has 0 unspecified atom stereocenters. The lowest BCUT2D eigenvalue weighted by Gasteiger charge is -2.11. The lowest BCUT2D eigenvalue weighted by molar-refractivity contribution is -0.383. The maximum absolute atomic E-state index is 11.6. The van der Waals surface area contributed by atoms with E-state index in [9.17, 15) is 10.1 Å². The Kier molecular flexibility index (Phi) is 6.46. The first kappa shape index (κ1) is 19.9. The van der Waals surface area contributed by atoms with Crippen LogP contribution in [0.3, 0.4) is 0 Å². The molecule has 0 bridgehead atoms. The van der Waals surface area contributed by atoms with Crippen molar-refractivity contribution in [2.75, 3.05) is 31.4 Å². The number of nitro groups is 1. The van der Waals surface area contributed by atoms with Crippen LogP contribution >= 0.6 is 0 Å². The predicted octanol–water partition coefficient (Wildman–Crippen LogP) is 3.26. The van der Waals surface area contributed by atoms with Gasteiger partial charge in [-0.3, -0.25) is 10.1 Å². The zero-order chi connectivity index (χ0) is 20.6. The van der Waals surface area contributed by atoms with Crippen LogP contribution in [0.2, 0.25) is 0 Å². The van der Waals surface area contributed by atoms with E-state index in [0.717, 1.165) is 5.56 Å². The molecule has 0 aliphatic rings. The van der Waals surface area contributed by atoms with Gasteiger partial charge in [0.05, 0.1) is 32.0 Å². The minimum atomic E-state index is -0.511. The summed E-state index contributed by atoms with van der Waals surface area (Å²) in [5, 5.41) is 17.5. The molecule has 152 valence electrons. The highest BCUT2D eigenvalue weighted by Gasteiger charge is 2.22. The van der Waals surface area contributed by atoms with Crippen molar-refractivity contribution < 1.29 is 18.8 Å². The highest BCUT2D eigenvalue weighted by atomic mass is 16.6. The van der Waals surface area contributed by atoms with Crippen LogP contribution in [0.4, 0.5) is 17.3 Å². The van der Waals surface area contributed by atoms with Gasteiger partial charge in [-0.2, -0.15) is 0 Å². The number of anilines is 2. The minimum Gasteiger partial charge on any atom is -0.493 e. The zero-order valence-electron chi connectivity index (χ0n) is 16.0. The summed E-state index contributed by atoms with van der Waals surface area (Å²) in [5.41, 5.74) is 0.773. The summed E-state index contributed by atoms with van der Waals surface area (Å²) in [6.45, 7) is 0.709. The van der Waals surface area contributed by atoms with Crippen molar-refractivity contribution in [2.24, 2.45) is 0 Å². The Balaban J connectivity index is 1.68. The number of benzene rings is 1. The van der Waals surface area contributed by atoms with Gasteiger partial charge in [-0.25, -0.2) is 9.97 Å². The van der Waals surface area contributed by atoms with Crippen LogP contribution in [-0.2, 0) is 13.0 Å². The first-order valence-electron chi connectivity index (χ1n) is 8.82. The monoisotopic (exact) mass is 399 g/mol. The maximum Gasteiger partial charge on any atom is 0.353 e. The molecule has 10 nitrogen and oxygen atoms in total. The van der Waals surface area contributed by atoms with E-state index in [-0.39, 0.29) is 23.9 Å². The van der Waals surface area contributed by atoms with Crippen LogP contribution in [0.25, 0.3) is 0 Å². The van der Waals surface area contributed by atoms with Crippen molar-refractivity contribution in [1.82, 2.24) is 9.97 Å². The van der Waals surface area contributed by atoms with Crippen LogP contribution < -0.4 is 20.1 Å². The number of nitrogens with zero attached hydrogens (tertiary/aromatic N) is 3. The van der Waals surface area contributed by atoms with Gasteiger partial charge in [0.25, 0.3) is 0 Å². The molecule has 3 rings (SSSR count). The van der Waals surface area contributed by atoms with Crippen molar-refractivity contribution in [3.8, 4) is 11.5 Å². The number of hydrogen-bond donors (Lipinski definition) is 2. The number of hydrogen-bond acceptors (Lipinski definition) is 9. The van der Waals surface area contributed by atoms with E-state index < -0.39 is 4.92 Å². The molecule has 0 saturated carbocycles. The van der Waals surface area contributed by atoms with Crippen molar-refractivity contribution in [3.05, 3.63) is 64.4 Å². The van der Waals surface area contributed by atoms with E-state index in [4.69, 9.17) is 13.9 Å². The third-order valence-corrected chi connectivity index (χ3v) is 4.17. The molecule has 1 aromatic carbocycles. The zero-order valence-corrected chi connectivity index (χ0v) is 16.0. The largest absolute Gasteiger partial charge is 0.493 e. The van der Waals surface area contributed by atoms with Crippen LogP contribution in [0.1, 0.15) is 11.3 Å². The molecular weight excluding hydrogens is 378 g/mol. The van der Waals surface area contributed by atoms with Gasteiger partial charge in [0.2, 0.25) is 11.6 Å². The second-order valence-electron chi connectivity index (χ2n) is 5.98. The molecule has 2 aromatic heterocycles. The van der Waals surface area contributed by atoms with Crippen molar-refractivity contribution in [2.45, 2.75) is 13.0 Å². The number of aromatic nitrogens is 2. The minimum absolute atomic E-state index is 0.120. The average molecular weight is 399 g/mol. The standard InChI is InChI=1S/C19H21N5O5/c1-27-15-6-5-13(10-16(15)28-2)7-8-20-18-17(24(25)26)19(23-12-22-18)21-11-14-4-3-9-29-14/h3-6,9-10,12H,7-8,11H2,1-2H3,(H2,20,21,22,23). The molecule has 0 atom stereocenters. The molecule has 0 radical (unpaired) electrons. The lowest BCUT2D eigenvalue weighted by atomic mass is 10.1. The third kappa shape index (κ3) is 4.92. The highest BCUT2D eigenvalue weighted by molar-refractivity contribution is 5.69. The predicted molar refractivity (Wildman–Crippen MR) is 106 cm³/mol. The molecule has 2 heterocycles. The Labute approximate surface area is 167 Å². The molecule has 29 heavy (non-hydrogen) atoms. The quantitative estimate of drug-likeness (QED) is 0.390. The van der Waals surface area contributed by atoms with E-state index in [0.29, 0.717) is 30.2 Å².